The fourth-order valence-corrected chi connectivity index (χ4v) is 2.85. The van der Waals surface area contributed by atoms with Crippen molar-refractivity contribution >= 4 is 21.9 Å². The van der Waals surface area contributed by atoms with Crippen LogP contribution in [0.4, 0.5) is 17.6 Å². The predicted octanol–water partition coefficient (Wildman–Crippen LogP) is -0.752. The van der Waals surface area contributed by atoms with E-state index in [0.29, 0.717) is 22.9 Å². The van der Waals surface area contributed by atoms with Crippen molar-refractivity contribution in [3.8, 4) is 0 Å². The van der Waals surface area contributed by atoms with E-state index in [1.807, 2.05) is 5.32 Å². The molecule has 1 aromatic carbocycles. The van der Waals surface area contributed by atoms with Crippen molar-refractivity contribution in [2.45, 2.75) is 23.4 Å². The number of ether oxygens (including phenoxy) is 1. The van der Waals surface area contributed by atoms with Crippen LogP contribution in [0, 0.1) is 5.82 Å². The summed E-state index contributed by atoms with van der Waals surface area (Å²) in [5, 5.41) is 20.9. The Hall–Kier alpha value is -2.29. The fourth-order valence-electron chi connectivity index (χ4n) is 1.76. The molecule has 0 fully saturated rings. The van der Waals surface area contributed by atoms with Crippen molar-refractivity contribution in [3.63, 3.8) is 0 Å². The molecule has 0 aliphatic heterocycles. The number of hydrogen-bond donors (Lipinski definition) is 4. The highest BCUT2D eigenvalue weighted by molar-refractivity contribution is 7.89. The second-order valence-corrected chi connectivity index (χ2v) is 6.62. The van der Waals surface area contributed by atoms with E-state index in [2.05, 4.69) is 4.74 Å². The summed E-state index contributed by atoms with van der Waals surface area (Å²) in [5.74, 6) is -3.79. The smallest absolute Gasteiger partial charge is 0.459 e. The number of carbonyl (C=O) groups excluding carboxylic acids is 2. The summed E-state index contributed by atoms with van der Waals surface area (Å²) in [5.41, 5.74) is -1.09. The molecule has 9 nitrogen and oxygen atoms in total. The van der Waals surface area contributed by atoms with Crippen LogP contribution in [0.15, 0.2) is 23.1 Å². The molecule has 0 saturated heterocycles. The Morgan fingerprint density at radius 1 is 1.26 bits per heavy atom. The molecule has 152 valence electrons. The second-order valence-electron chi connectivity index (χ2n) is 4.97. The molecular weight excluding hydrogens is 404 g/mol. The second kappa shape index (κ2) is 8.60. The molecule has 0 bridgehead atoms. The van der Waals surface area contributed by atoms with Gasteiger partial charge in [-0.1, -0.05) is 0 Å². The van der Waals surface area contributed by atoms with Crippen LogP contribution in [0.3, 0.4) is 0 Å². The lowest BCUT2D eigenvalue weighted by atomic mass is 10.2. The van der Waals surface area contributed by atoms with Crippen molar-refractivity contribution in [2.75, 3.05) is 13.7 Å². The monoisotopic (exact) mass is 418 g/mol. The molecule has 0 aliphatic rings. The van der Waals surface area contributed by atoms with Crippen LogP contribution in [0.25, 0.3) is 0 Å². The van der Waals surface area contributed by atoms with Crippen molar-refractivity contribution in [3.05, 3.63) is 29.6 Å². The van der Waals surface area contributed by atoms with Gasteiger partial charge in [-0.15, -0.1) is 4.72 Å². The van der Waals surface area contributed by atoms with E-state index in [1.165, 1.54) is 0 Å². The normalized spacial score (nSPS) is 14.3. The number of benzene rings is 1. The van der Waals surface area contributed by atoms with Gasteiger partial charge in [0.15, 0.2) is 6.10 Å². The number of hydrogen-bond acceptors (Lipinski definition) is 7. The van der Waals surface area contributed by atoms with Crippen LogP contribution < -0.4 is 10.0 Å². The van der Waals surface area contributed by atoms with Gasteiger partial charge in [-0.05, 0) is 18.2 Å². The van der Waals surface area contributed by atoms with E-state index in [-0.39, 0.29) is 0 Å². The Morgan fingerprint density at radius 3 is 2.37 bits per heavy atom. The van der Waals surface area contributed by atoms with Gasteiger partial charge in [0.25, 0.3) is 5.91 Å². The van der Waals surface area contributed by atoms with E-state index in [1.54, 1.807) is 0 Å². The van der Waals surface area contributed by atoms with Gasteiger partial charge in [0.2, 0.25) is 10.0 Å². The Bertz CT molecular complexity index is 813. The third-order valence-electron chi connectivity index (χ3n) is 2.97. The number of carbonyl (C=O) groups is 2. The van der Waals surface area contributed by atoms with Gasteiger partial charge in [0.05, 0.1) is 10.5 Å². The van der Waals surface area contributed by atoms with Crippen LogP contribution >= 0.6 is 0 Å². The van der Waals surface area contributed by atoms with Crippen molar-refractivity contribution < 1.29 is 50.5 Å². The maximum atomic E-state index is 13.3. The number of rotatable bonds is 7. The van der Waals surface area contributed by atoms with Crippen LogP contribution in [-0.2, 0) is 19.6 Å². The summed E-state index contributed by atoms with van der Waals surface area (Å²) < 4.78 is 78.6. The maximum Gasteiger partial charge on any atom is 0.470 e. The molecule has 1 rings (SSSR count). The van der Waals surface area contributed by atoms with Crippen molar-refractivity contribution in [1.82, 2.24) is 10.0 Å². The molecule has 4 N–H and O–H groups in total. The van der Waals surface area contributed by atoms with Gasteiger partial charge in [0.1, 0.15) is 18.5 Å². The molecule has 0 heterocycles. The summed E-state index contributed by atoms with van der Waals surface area (Å²) in [4.78, 5) is 21.8. The molecular formula is C13H14F4N2O7S. The fraction of sp³-hybridized carbons (Fsp3) is 0.385. The lowest BCUT2D eigenvalue weighted by Crippen LogP contribution is -2.43. The highest BCUT2D eigenvalue weighted by Crippen LogP contribution is 2.22. The standard InChI is InChI=1S/C13H14F4N2O7S/c1-18-11(22)10(21)8(20)5-26-12(23)7-4-6(14)2-3-9(7)27(24,25)19-13(15,16)17/h2-4,8,10,19-21H,5H2,1H3,(H,18,22). The largest absolute Gasteiger partial charge is 0.470 e. The number of halogens is 4. The van der Waals surface area contributed by atoms with Gasteiger partial charge >= 0.3 is 12.3 Å². The first kappa shape index (κ1) is 22.8. The topological polar surface area (TPSA) is 142 Å². The molecule has 0 aromatic heterocycles. The lowest BCUT2D eigenvalue weighted by Gasteiger charge is -2.17. The number of sulfonamides is 1. The zero-order valence-electron chi connectivity index (χ0n) is 13.4. The molecule has 2 atom stereocenters. The minimum atomic E-state index is -5.36. The van der Waals surface area contributed by atoms with E-state index in [0.717, 1.165) is 7.05 Å². The quantitative estimate of drug-likeness (QED) is 0.259. The first-order chi connectivity index (χ1) is 12.3. The summed E-state index contributed by atoms with van der Waals surface area (Å²) in [6.45, 7) is -1.03. The van der Waals surface area contributed by atoms with Crippen molar-refractivity contribution in [1.29, 1.82) is 0 Å². The zero-order chi connectivity index (χ0) is 21.0. The number of aliphatic hydroxyl groups is 2. The Morgan fingerprint density at radius 2 is 1.85 bits per heavy atom. The average Bonchev–Trinajstić information content (AvgIpc) is 2.55. The summed E-state index contributed by atoms with van der Waals surface area (Å²) >= 11 is 0. The van der Waals surface area contributed by atoms with Gasteiger partial charge in [0, 0.05) is 7.05 Å². The summed E-state index contributed by atoms with van der Waals surface area (Å²) in [6.07, 6.45) is -9.30. The molecule has 27 heavy (non-hydrogen) atoms. The Kier molecular flexibility index (Phi) is 7.25. The molecule has 1 aromatic rings. The number of aliphatic hydroxyl groups excluding tert-OH is 2. The van der Waals surface area contributed by atoms with Crippen LogP contribution in [0.5, 0.6) is 0 Å². The zero-order valence-corrected chi connectivity index (χ0v) is 14.3. The van der Waals surface area contributed by atoms with Crippen LogP contribution in [0.1, 0.15) is 10.4 Å². The third-order valence-corrected chi connectivity index (χ3v) is 4.40. The number of alkyl halides is 3. The molecule has 0 spiro atoms. The third kappa shape index (κ3) is 6.42. The summed E-state index contributed by atoms with van der Waals surface area (Å²) in [7, 11) is -4.16. The Balaban J connectivity index is 3.07. The number of amides is 1. The van der Waals surface area contributed by atoms with Gasteiger partial charge in [-0.25, -0.2) is 17.6 Å². The van der Waals surface area contributed by atoms with E-state index in [9.17, 15) is 45.8 Å². The first-order valence-electron chi connectivity index (χ1n) is 6.93. The minimum absolute atomic E-state index is 0.314. The molecule has 2 unspecified atom stereocenters. The van der Waals surface area contributed by atoms with E-state index in [4.69, 9.17) is 0 Å². The average molecular weight is 418 g/mol. The molecule has 1 amide bonds. The van der Waals surface area contributed by atoms with Crippen LogP contribution in [-0.4, -0.2) is 62.7 Å². The highest BCUT2D eigenvalue weighted by atomic mass is 32.2. The first-order valence-corrected chi connectivity index (χ1v) is 8.42. The summed E-state index contributed by atoms with van der Waals surface area (Å²) in [6, 6.07) is 1.23. The lowest BCUT2D eigenvalue weighted by molar-refractivity contribution is -0.138. The molecule has 0 aliphatic carbocycles. The van der Waals surface area contributed by atoms with E-state index >= 15 is 0 Å². The number of esters is 1. The molecule has 0 radical (unpaired) electrons. The predicted molar refractivity (Wildman–Crippen MR) is 79.1 cm³/mol. The van der Waals surface area contributed by atoms with Crippen molar-refractivity contribution in [2.24, 2.45) is 0 Å². The van der Waals surface area contributed by atoms with Gasteiger partial charge in [-0.3, -0.25) is 4.79 Å². The van der Waals surface area contributed by atoms with Gasteiger partial charge in [-0.2, -0.15) is 13.2 Å². The molecule has 14 heteroatoms. The van der Waals surface area contributed by atoms with E-state index < -0.39 is 63.3 Å². The van der Waals surface area contributed by atoms with Gasteiger partial charge < -0.3 is 20.3 Å². The number of nitrogens with one attached hydrogen (secondary N) is 2. The number of likely N-dealkylation sites (N-methyl/N-ethyl adjacent to an activating group) is 1. The highest BCUT2D eigenvalue weighted by Gasteiger charge is 2.37. The van der Waals surface area contributed by atoms with Crippen LogP contribution in [0.2, 0.25) is 0 Å². The minimum Gasteiger partial charge on any atom is -0.459 e. The maximum absolute atomic E-state index is 13.3. The SMILES string of the molecule is CNC(=O)C(O)C(O)COC(=O)c1cc(F)ccc1S(=O)(=O)NC(F)(F)F. The molecule has 0 saturated carbocycles. The Labute approximate surface area is 150 Å².